The van der Waals surface area contributed by atoms with Crippen molar-refractivity contribution in [2.24, 2.45) is 0 Å². The minimum atomic E-state index is -3.98. The summed E-state index contributed by atoms with van der Waals surface area (Å²) in [4.78, 5) is 14.5. The van der Waals surface area contributed by atoms with E-state index in [1.165, 1.54) is 19.2 Å². The summed E-state index contributed by atoms with van der Waals surface area (Å²) in [6.07, 6.45) is 1.94. The van der Waals surface area contributed by atoms with Crippen molar-refractivity contribution in [2.45, 2.75) is 56.6 Å². The fourth-order valence-electron chi connectivity index (χ4n) is 2.96. The molecule has 0 spiro atoms. The average Bonchev–Trinajstić information content (AvgIpc) is 3.49. The topological polar surface area (TPSA) is 84.9 Å². The quantitative estimate of drug-likeness (QED) is 0.670. The van der Waals surface area contributed by atoms with Crippen LogP contribution < -0.4 is 14.2 Å². The Balaban J connectivity index is 1.74. The maximum atomic E-state index is 12.7. The molecule has 162 valence electrons. The van der Waals surface area contributed by atoms with Crippen LogP contribution in [0.2, 0.25) is 0 Å². The number of nitrogens with zero attached hydrogens (tertiary/aromatic N) is 1. The van der Waals surface area contributed by atoms with Crippen LogP contribution >= 0.6 is 0 Å². The van der Waals surface area contributed by atoms with Gasteiger partial charge in [0.15, 0.2) is 0 Å². The van der Waals surface area contributed by atoms with Crippen LogP contribution in [0.15, 0.2) is 53.4 Å². The number of benzene rings is 2. The third kappa shape index (κ3) is 5.89. The van der Waals surface area contributed by atoms with E-state index in [1.54, 1.807) is 35.2 Å². The van der Waals surface area contributed by atoms with Gasteiger partial charge in [-0.2, -0.15) is 8.42 Å². The van der Waals surface area contributed by atoms with Gasteiger partial charge in [-0.05, 0) is 75.6 Å². The van der Waals surface area contributed by atoms with Crippen molar-refractivity contribution in [3.63, 3.8) is 0 Å². The number of methoxy groups -OCH3 is 1. The van der Waals surface area contributed by atoms with E-state index in [4.69, 9.17) is 8.92 Å². The predicted molar refractivity (Wildman–Crippen MR) is 114 cm³/mol. The Hall–Kier alpha value is -2.74. The molecule has 1 saturated carbocycles. The molecule has 0 saturated heterocycles. The third-order valence-electron chi connectivity index (χ3n) is 4.54. The molecule has 2 aromatic rings. The zero-order chi connectivity index (χ0) is 21.9. The average molecular weight is 433 g/mol. The molecule has 1 aliphatic rings. The van der Waals surface area contributed by atoms with Gasteiger partial charge >= 0.3 is 16.1 Å². The van der Waals surface area contributed by atoms with Crippen molar-refractivity contribution >= 4 is 16.1 Å². The maximum absolute atomic E-state index is 12.7. The van der Waals surface area contributed by atoms with Gasteiger partial charge in [-0.3, -0.25) is 0 Å². The molecule has 0 heterocycles. The molecule has 0 aromatic heterocycles. The number of urea groups is 1. The molecule has 1 fully saturated rings. The lowest BCUT2D eigenvalue weighted by molar-refractivity contribution is 0.183. The highest BCUT2D eigenvalue weighted by Gasteiger charge is 2.34. The minimum Gasteiger partial charge on any atom is -0.497 e. The molecular formula is C22H28N2O5S. The first-order valence-electron chi connectivity index (χ1n) is 9.84. The van der Waals surface area contributed by atoms with Crippen LogP contribution in [-0.2, 0) is 16.7 Å². The van der Waals surface area contributed by atoms with Gasteiger partial charge in [-0.25, -0.2) is 4.79 Å². The van der Waals surface area contributed by atoms with Gasteiger partial charge in [0.25, 0.3) is 0 Å². The summed E-state index contributed by atoms with van der Waals surface area (Å²) in [7, 11) is -2.46. The van der Waals surface area contributed by atoms with Crippen molar-refractivity contribution in [1.82, 2.24) is 10.2 Å². The molecule has 0 atom stereocenters. The Morgan fingerprint density at radius 3 is 2.33 bits per heavy atom. The van der Waals surface area contributed by atoms with Crippen LogP contribution in [0.4, 0.5) is 4.79 Å². The lowest BCUT2D eigenvalue weighted by Gasteiger charge is -2.28. The minimum absolute atomic E-state index is 0.0397. The lowest BCUT2D eigenvalue weighted by Crippen LogP contribution is -2.49. The summed E-state index contributed by atoms with van der Waals surface area (Å²) >= 11 is 0. The molecule has 0 aliphatic heterocycles. The molecule has 0 radical (unpaired) electrons. The normalized spacial score (nSPS) is 14.1. The lowest BCUT2D eigenvalue weighted by atomic mass is 10.1. The summed E-state index contributed by atoms with van der Waals surface area (Å²) in [5.41, 5.74) is 0.468. The van der Waals surface area contributed by atoms with Gasteiger partial charge in [-0.1, -0.05) is 12.1 Å². The first-order valence-corrected chi connectivity index (χ1v) is 11.2. The van der Waals surface area contributed by atoms with E-state index in [9.17, 15) is 13.2 Å². The Morgan fingerprint density at radius 2 is 1.77 bits per heavy atom. The van der Waals surface area contributed by atoms with Crippen LogP contribution in [0.3, 0.4) is 0 Å². The Labute approximate surface area is 178 Å². The van der Waals surface area contributed by atoms with E-state index >= 15 is 0 Å². The molecule has 2 aromatic carbocycles. The summed E-state index contributed by atoms with van der Waals surface area (Å²) in [5.74, 6) is 0.764. The number of amides is 2. The number of carbonyl (C=O) groups is 1. The van der Waals surface area contributed by atoms with E-state index in [0.29, 0.717) is 12.3 Å². The molecule has 3 rings (SSSR count). The Bertz CT molecular complexity index is 993. The highest BCUT2D eigenvalue weighted by molar-refractivity contribution is 7.87. The molecule has 7 nitrogen and oxygen atoms in total. The molecular weight excluding hydrogens is 404 g/mol. The second-order valence-corrected chi connectivity index (χ2v) is 9.95. The summed E-state index contributed by atoms with van der Waals surface area (Å²) in [6.45, 7) is 6.20. The van der Waals surface area contributed by atoms with Gasteiger partial charge in [-0.15, -0.1) is 0 Å². The summed E-state index contributed by atoms with van der Waals surface area (Å²) in [5, 5.41) is 2.99. The molecule has 0 unspecified atom stereocenters. The van der Waals surface area contributed by atoms with E-state index in [0.717, 1.165) is 18.4 Å². The van der Waals surface area contributed by atoms with E-state index < -0.39 is 10.1 Å². The number of rotatable bonds is 7. The number of carbonyl (C=O) groups excluding carboxylic acids is 1. The zero-order valence-electron chi connectivity index (χ0n) is 17.7. The molecule has 0 bridgehead atoms. The van der Waals surface area contributed by atoms with Crippen LogP contribution in [0.1, 0.15) is 39.2 Å². The zero-order valence-corrected chi connectivity index (χ0v) is 18.5. The number of nitrogens with one attached hydrogen (secondary N) is 1. The second kappa shape index (κ2) is 8.55. The highest BCUT2D eigenvalue weighted by atomic mass is 32.2. The van der Waals surface area contributed by atoms with Crippen molar-refractivity contribution in [1.29, 1.82) is 0 Å². The van der Waals surface area contributed by atoms with E-state index in [1.807, 2.05) is 26.8 Å². The standard InChI is InChI=1S/C22H28N2O5S/c1-22(2,3)23-21(25)24(17-8-9-17)15-16-6-5-7-19(14-16)29-30(26,27)20-12-10-18(28-4)11-13-20/h5-7,10-14,17H,8-9,15H2,1-4H3,(H,23,25). The van der Waals surface area contributed by atoms with Crippen LogP contribution in [-0.4, -0.2) is 38.0 Å². The van der Waals surface area contributed by atoms with Crippen molar-refractivity contribution in [2.75, 3.05) is 7.11 Å². The molecule has 2 amide bonds. The number of hydrogen-bond donors (Lipinski definition) is 1. The second-order valence-electron chi connectivity index (χ2n) is 8.40. The Kier molecular flexibility index (Phi) is 6.26. The van der Waals surface area contributed by atoms with Crippen LogP contribution in [0.25, 0.3) is 0 Å². The number of hydrogen-bond acceptors (Lipinski definition) is 5. The van der Waals surface area contributed by atoms with E-state index in [2.05, 4.69) is 5.32 Å². The van der Waals surface area contributed by atoms with Gasteiger partial charge in [0.1, 0.15) is 16.4 Å². The van der Waals surface area contributed by atoms with E-state index in [-0.39, 0.29) is 28.3 Å². The van der Waals surface area contributed by atoms with Gasteiger partial charge in [0, 0.05) is 18.1 Å². The van der Waals surface area contributed by atoms with Crippen LogP contribution in [0, 0.1) is 0 Å². The Morgan fingerprint density at radius 1 is 1.10 bits per heavy atom. The molecule has 30 heavy (non-hydrogen) atoms. The molecule has 1 N–H and O–H groups in total. The van der Waals surface area contributed by atoms with Crippen molar-refractivity contribution in [3.8, 4) is 11.5 Å². The number of ether oxygens (including phenoxy) is 1. The molecule has 8 heteroatoms. The first-order chi connectivity index (χ1) is 14.1. The van der Waals surface area contributed by atoms with Gasteiger partial charge in [0.05, 0.1) is 7.11 Å². The molecule has 1 aliphatic carbocycles. The first kappa shape index (κ1) is 22.0. The fraction of sp³-hybridized carbons (Fsp3) is 0.409. The van der Waals surface area contributed by atoms with Crippen LogP contribution in [0.5, 0.6) is 11.5 Å². The van der Waals surface area contributed by atoms with Crippen molar-refractivity contribution < 1.29 is 22.1 Å². The summed E-state index contributed by atoms with van der Waals surface area (Å²) < 4.78 is 35.5. The highest BCUT2D eigenvalue weighted by Crippen LogP contribution is 2.30. The largest absolute Gasteiger partial charge is 0.497 e. The smallest absolute Gasteiger partial charge is 0.339 e. The fourth-order valence-corrected chi connectivity index (χ4v) is 3.88. The van der Waals surface area contributed by atoms with Gasteiger partial charge < -0.3 is 19.1 Å². The summed E-state index contributed by atoms with van der Waals surface area (Å²) in [6, 6.07) is 12.9. The predicted octanol–water partition coefficient (Wildman–Crippen LogP) is 3.94. The van der Waals surface area contributed by atoms with Gasteiger partial charge in [0.2, 0.25) is 0 Å². The monoisotopic (exact) mass is 432 g/mol. The SMILES string of the molecule is COc1ccc(S(=O)(=O)Oc2cccc(CN(C(=O)NC(C)(C)C)C3CC3)c2)cc1. The van der Waals surface area contributed by atoms with Crippen molar-refractivity contribution in [3.05, 3.63) is 54.1 Å². The third-order valence-corrected chi connectivity index (χ3v) is 5.80. The maximum Gasteiger partial charge on any atom is 0.339 e.